The van der Waals surface area contributed by atoms with E-state index >= 15 is 0 Å². The first-order chi connectivity index (χ1) is 15.0. The van der Waals surface area contributed by atoms with Crippen molar-refractivity contribution in [2.75, 3.05) is 40.5 Å². The highest BCUT2D eigenvalue weighted by atomic mass is 16.5. The van der Waals surface area contributed by atoms with Crippen molar-refractivity contribution in [3.8, 4) is 11.5 Å². The third-order valence-corrected chi connectivity index (χ3v) is 6.78. The number of nitrogens with one attached hydrogen (secondary N) is 1. The van der Waals surface area contributed by atoms with E-state index in [0.29, 0.717) is 36.9 Å². The zero-order chi connectivity index (χ0) is 22.4. The molecule has 2 aliphatic rings. The van der Waals surface area contributed by atoms with Gasteiger partial charge in [-0.3, -0.25) is 4.90 Å². The molecule has 6 heteroatoms. The van der Waals surface area contributed by atoms with E-state index < -0.39 is 0 Å². The fourth-order valence-electron chi connectivity index (χ4n) is 5.18. The topological polar surface area (TPSA) is 60.0 Å². The number of carbonyl (C=O) groups is 1. The van der Waals surface area contributed by atoms with Crippen molar-refractivity contribution in [2.45, 2.75) is 58.9 Å². The largest absolute Gasteiger partial charge is 0.493 e. The van der Waals surface area contributed by atoms with Gasteiger partial charge in [0, 0.05) is 25.7 Å². The molecule has 31 heavy (non-hydrogen) atoms. The summed E-state index contributed by atoms with van der Waals surface area (Å²) in [5, 5.41) is 2.88. The maximum absolute atomic E-state index is 12.2. The number of fused-ring (bicyclic) bond motifs is 3. The lowest BCUT2D eigenvalue weighted by Gasteiger charge is -2.47. The summed E-state index contributed by atoms with van der Waals surface area (Å²) in [6.45, 7) is 9.97. The van der Waals surface area contributed by atoms with E-state index in [-0.39, 0.29) is 6.09 Å². The Bertz CT molecular complexity index is 736. The molecule has 0 radical (unpaired) electrons. The summed E-state index contributed by atoms with van der Waals surface area (Å²) in [5.74, 6) is 3.12. The molecular formula is C25H40N2O4. The van der Waals surface area contributed by atoms with Crippen LogP contribution in [0.15, 0.2) is 12.1 Å². The summed E-state index contributed by atoms with van der Waals surface area (Å²) in [7, 11) is 3.38. The molecule has 3 atom stereocenters. The summed E-state index contributed by atoms with van der Waals surface area (Å²) >= 11 is 0. The second kappa shape index (κ2) is 11.1. The quantitative estimate of drug-likeness (QED) is 0.568. The SMILES string of the molecule is CCCCNC(=O)OC[C@@H]1C[C@@H]2c3cc(OC)c(OC)cc3CCN2C[C@H]1CC(C)C. The average Bonchev–Trinajstić information content (AvgIpc) is 2.76. The number of rotatable bonds is 9. The van der Waals surface area contributed by atoms with Gasteiger partial charge in [0.15, 0.2) is 11.5 Å². The lowest BCUT2D eigenvalue weighted by Crippen LogP contribution is -2.47. The number of unbranched alkanes of at least 4 members (excludes halogenated alkanes) is 1. The lowest BCUT2D eigenvalue weighted by molar-refractivity contribution is 0.0125. The summed E-state index contributed by atoms with van der Waals surface area (Å²) in [4.78, 5) is 14.8. The van der Waals surface area contributed by atoms with Crippen LogP contribution in [-0.4, -0.2) is 51.5 Å². The minimum Gasteiger partial charge on any atom is -0.493 e. The molecule has 2 heterocycles. The predicted molar refractivity (Wildman–Crippen MR) is 123 cm³/mol. The number of amides is 1. The van der Waals surface area contributed by atoms with E-state index in [1.165, 1.54) is 11.1 Å². The lowest BCUT2D eigenvalue weighted by atomic mass is 9.74. The van der Waals surface area contributed by atoms with Crippen LogP contribution < -0.4 is 14.8 Å². The molecular weight excluding hydrogens is 392 g/mol. The Morgan fingerprint density at radius 3 is 2.61 bits per heavy atom. The van der Waals surface area contributed by atoms with Gasteiger partial charge in [-0.15, -0.1) is 0 Å². The fourth-order valence-corrected chi connectivity index (χ4v) is 5.18. The number of hydrogen-bond donors (Lipinski definition) is 1. The number of alkyl carbamates (subject to hydrolysis) is 1. The van der Waals surface area contributed by atoms with E-state index in [0.717, 1.165) is 56.7 Å². The van der Waals surface area contributed by atoms with E-state index in [1.807, 2.05) is 0 Å². The normalized spacial score (nSPS) is 23.1. The molecule has 1 fully saturated rings. The van der Waals surface area contributed by atoms with Crippen molar-refractivity contribution < 1.29 is 19.0 Å². The van der Waals surface area contributed by atoms with E-state index in [4.69, 9.17) is 14.2 Å². The van der Waals surface area contributed by atoms with Gasteiger partial charge in [-0.25, -0.2) is 4.79 Å². The fraction of sp³-hybridized carbons (Fsp3) is 0.720. The molecule has 0 unspecified atom stereocenters. The van der Waals surface area contributed by atoms with Gasteiger partial charge in [-0.1, -0.05) is 27.2 Å². The first kappa shape index (κ1) is 23.7. The number of piperidine rings is 1. The maximum atomic E-state index is 12.2. The molecule has 0 saturated carbocycles. The zero-order valence-corrected chi connectivity index (χ0v) is 19.9. The van der Waals surface area contributed by atoms with Gasteiger partial charge in [0.2, 0.25) is 0 Å². The molecule has 0 bridgehead atoms. The molecule has 0 aliphatic carbocycles. The Morgan fingerprint density at radius 2 is 1.94 bits per heavy atom. The van der Waals surface area contributed by atoms with E-state index in [2.05, 4.69) is 43.1 Å². The second-order valence-electron chi connectivity index (χ2n) is 9.43. The first-order valence-corrected chi connectivity index (χ1v) is 11.9. The smallest absolute Gasteiger partial charge is 0.407 e. The summed E-state index contributed by atoms with van der Waals surface area (Å²) < 4.78 is 16.8. The molecule has 1 saturated heterocycles. The number of carbonyl (C=O) groups excluding carboxylic acids is 1. The molecule has 0 aromatic heterocycles. The predicted octanol–water partition coefficient (Wildman–Crippen LogP) is 4.81. The Balaban J connectivity index is 1.75. The molecule has 1 N–H and O–H groups in total. The van der Waals surface area contributed by atoms with Crippen molar-refractivity contribution in [3.05, 3.63) is 23.3 Å². The highest BCUT2D eigenvalue weighted by molar-refractivity contribution is 5.67. The zero-order valence-electron chi connectivity index (χ0n) is 19.9. The van der Waals surface area contributed by atoms with E-state index in [1.54, 1.807) is 14.2 Å². The molecule has 0 spiro atoms. The summed E-state index contributed by atoms with van der Waals surface area (Å²) in [5.41, 5.74) is 2.68. The van der Waals surface area contributed by atoms with Gasteiger partial charge in [0.25, 0.3) is 0 Å². The number of methoxy groups -OCH3 is 2. The molecule has 1 aromatic rings. The Labute approximate surface area is 187 Å². The first-order valence-electron chi connectivity index (χ1n) is 11.9. The van der Waals surface area contributed by atoms with Crippen LogP contribution >= 0.6 is 0 Å². The van der Waals surface area contributed by atoms with Crippen LogP contribution in [0, 0.1) is 17.8 Å². The van der Waals surface area contributed by atoms with Crippen molar-refractivity contribution in [1.29, 1.82) is 0 Å². The van der Waals surface area contributed by atoms with Crippen LogP contribution in [0.4, 0.5) is 4.79 Å². The average molecular weight is 433 g/mol. The Morgan fingerprint density at radius 1 is 1.19 bits per heavy atom. The van der Waals surface area contributed by atoms with Crippen LogP contribution in [0.3, 0.4) is 0 Å². The Kier molecular flexibility index (Phi) is 8.47. The highest BCUT2D eigenvalue weighted by Crippen LogP contribution is 2.45. The van der Waals surface area contributed by atoms with Gasteiger partial charge in [0.05, 0.1) is 20.8 Å². The van der Waals surface area contributed by atoms with Crippen LogP contribution in [0.5, 0.6) is 11.5 Å². The highest BCUT2D eigenvalue weighted by Gasteiger charge is 2.40. The molecule has 1 amide bonds. The number of ether oxygens (including phenoxy) is 3. The Hall–Kier alpha value is -1.95. The van der Waals surface area contributed by atoms with Gasteiger partial charge in [0.1, 0.15) is 0 Å². The van der Waals surface area contributed by atoms with Crippen molar-refractivity contribution in [1.82, 2.24) is 10.2 Å². The van der Waals surface area contributed by atoms with E-state index in [9.17, 15) is 4.79 Å². The monoisotopic (exact) mass is 432 g/mol. The number of hydrogen-bond acceptors (Lipinski definition) is 5. The second-order valence-corrected chi connectivity index (χ2v) is 9.43. The maximum Gasteiger partial charge on any atom is 0.407 e. The molecule has 3 rings (SSSR count). The standard InChI is InChI=1S/C25H40N2O4/c1-6-7-9-26-25(28)31-16-20-12-22-21-14-24(30-5)23(29-4)13-18(21)8-10-27(22)15-19(20)11-17(2)3/h13-14,17,19-20,22H,6-12,15-16H2,1-5H3,(H,26,28)/t19-,20+,22-/m1/s1. The number of nitrogens with zero attached hydrogens (tertiary/aromatic N) is 1. The minimum atomic E-state index is -0.283. The van der Waals surface area contributed by atoms with Gasteiger partial charge < -0.3 is 19.5 Å². The molecule has 6 nitrogen and oxygen atoms in total. The number of benzene rings is 1. The third kappa shape index (κ3) is 5.85. The van der Waals surface area contributed by atoms with Crippen LogP contribution in [0.2, 0.25) is 0 Å². The van der Waals surface area contributed by atoms with Crippen molar-refractivity contribution >= 4 is 6.09 Å². The van der Waals surface area contributed by atoms with Crippen LogP contribution in [0.25, 0.3) is 0 Å². The van der Waals surface area contributed by atoms with Crippen LogP contribution in [-0.2, 0) is 11.2 Å². The van der Waals surface area contributed by atoms with Gasteiger partial charge in [-0.2, -0.15) is 0 Å². The molecule has 174 valence electrons. The van der Waals surface area contributed by atoms with Gasteiger partial charge in [-0.05, 0) is 66.7 Å². The van der Waals surface area contributed by atoms with Crippen molar-refractivity contribution in [3.63, 3.8) is 0 Å². The van der Waals surface area contributed by atoms with Crippen LogP contribution in [0.1, 0.15) is 63.6 Å². The third-order valence-electron chi connectivity index (χ3n) is 6.78. The molecule has 2 aliphatic heterocycles. The van der Waals surface area contributed by atoms with Crippen molar-refractivity contribution in [2.24, 2.45) is 17.8 Å². The van der Waals surface area contributed by atoms with Gasteiger partial charge >= 0.3 is 6.09 Å². The minimum absolute atomic E-state index is 0.283. The molecule has 1 aromatic carbocycles. The summed E-state index contributed by atoms with van der Waals surface area (Å²) in [6.07, 6.45) is 4.95. The summed E-state index contributed by atoms with van der Waals surface area (Å²) in [6, 6.07) is 4.63.